The molecule has 0 aliphatic carbocycles. The Hall–Kier alpha value is -4.28. The average molecular weight is 852 g/mol. The number of pyridine rings is 1. The number of carbonyl (C=O) groups is 5. The first-order valence-electron chi connectivity index (χ1n) is 21.4. The maximum atomic E-state index is 15.3. The summed E-state index contributed by atoms with van der Waals surface area (Å²) >= 11 is 0. The van der Waals surface area contributed by atoms with Crippen LogP contribution in [0, 0.1) is 23.2 Å². The number of para-hydroxylation sites is 1. The summed E-state index contributed by atoms with van der Waals surface area (Å²) in [7, 11) is 3.68. The SMILES string of the molecule is CCOC(=O)CC1(C)C(=O)O[C@@H](CC)C2(C)OC(=O)NC2[C@H](C)C(=O)[C@H](C)C[C@](C)(OC/C=C/c2cnc3ccccc3c2)[C@H](OC2O[C@H](C)C[C@H](N(C)C)[C@H]2O)[C@@H](C)C1=O. The molecule has 4 heterocycles. The van der Waals surface area contributed by atoms with Crippen LogP contribution in [0.2, 0.25) is 0 Å². The van der Waals surface area contributed by atoms with Crippen LogP contribution in [0.4, 0.5) is 4.79 Å². The van der Waals surface area contributed by atoms with E-state index in [1.165, 1.54) is 6.92 Å². The number of hydrogen-bond acceptors (Lipinski definition) is 14. The molecule has 0 radical (unpaired) electrons. The second-order valence-corrected chi connectivity index (χ2v) is 17.9. The van der Waals surface area contributed by atoms with Gasteiger partial charge in [0.2, 0.25) is 0 Å². The van der Waals surface area contributed by atoms with E-state index < -0.39 is 95.3 Å². The number of aliphatic hydroxyl groups is 1. The zero-order chi connectivity index (χ0) is 45.0. The Kier molecular flexibility index (Phi) is 15.2. The van der Waals surface area contributed by atoms with Gasteiger partial charge in [0.05, 0.1) is 49.0 Å². The topological polar surface area (TPSA) is 189 Å². The van der Waals surface area contributed by atoms with Gasteiger partial charge in [0.15, 0.2) is 17.7 Å². The molecule has 4 unspecified atom stereocenters. The van der Waals surface area contributed by atoms with E-state index in [0.717, 1.165) is 16.5 Å². The highest BCUT2D eigenvalue weighted by atomic mass is 16.7. The molecule has 2 aromatic rings. The first kappa shape index (κ1) is 47.8. The smallest absolute Gasteiger partial charge is 0.408 e. The predicted molar refractivity (Wildman–Crippen MR) is 226 cm³/mol. The number of ketones is 2. The third kappa shape index (κ3) is 10.2. The minimum absolute atomic E-state index is 0.000959. The largest absolute Gasteiger partial charge is 0.466 e. The molecule has 5 rings (SSSR count). The Morgan fingerprint density at radius 1 is 1.05 bits per heavy atom. The molecule has 15 nitrogen and oxygen atoms in total. The molecule has 13 atom stereocenters. The molecule has 3 aliphatic heterocycles. The number of aliphatic hydroxyl groups excluding tert-OH is 1. The van der Waals surface area contributed by atoms with Crippen molar-refractivity contribution in [2.24, 2.45) is 23.2 Å². The maximum absolute atomic E-state index is 15.3. The van der Waals surface area contributed by atoms with Crippen molar-refractivity contribution < 1.29 is 57.5 Å². The van der Waals surface area contributed by atoms with E-state index in [0.29, 0.717) is 6.42 Å². The standard InChI is InChI=1S/C46H65N3O12/c1-12-34-46(9)38(48-43(55)61-46)28(5)36(51)26(3)23-45(8,57-20-16-17-30-22-31-18-14-15-19-32(31)47-25-30)40(60-41-37(52)33(49(10)11)21-27(4)58-41)29(6)39(53)44(7,42(54)59-34)24-35(50)56-13-2/h14-19,22,25-29,33-34,37-38,40-41,52H,12-13,20-21,23-24H2,1-11H3,(H,48,55)/b17-16+/t26-,27-,28-,29+,33+,34+,37-,38?,40-,41?,44?,45+,46?/m1/s1. The van der Waals surface area contributed by atoms with Crippen LogP contribution in [-0.2, 0) is 47.6 Å². The van der Waals surface area contributed by atoms with Gasteiger partial charge < -0.3 is 43.7 Å². The lowest BCUT2D eigenvalue weighted by Gasteiger charge is -2.48. The molecule has 0 bridgehead atoms. The van der Waals surface area contributed by atoms with Crippen LogP contribution in [0.1, 0.15) is 93.6 Å². The van der Waals surface area contributed by atoms with Crippen molar-refractivity contribution in [1.82, 2.24) is 15.2 Å². The number of aromatic nitrogens is 1. The third-order valence-electron chi connectivity index (χ3n) is 12.9. The number of rotatable bonds is 11. The molecule has 15 heteroatoms. The van der Waals surface area contributed by atoms with E-state index in [-0.39, 0.29) is 44.0 Å². The van der Waals surface area contributed by atoms with Crippen LogP contribution >= 0.6 is 0 Å². The van der Waals surface area contributed by atoms with Gasteiger partial charge in [-0.1, -0.05) is 58.0 Å². The minimum atomic E-state index is -2.14. The number of nitrogens with one attached hydrogen (secondary N) is 1. The van der Waals surface area contributed by atoms with Gasteiger partial charge in [-0.25, -0.2) is 4.79 Å². The van der Waals surface area contributed by atoms with Crippen LogP contribution in [0.5, 0.6) is 0 Å². The van der Waals surface area contributed by atoms with Crippen LogP contribution in [-0.4, -0.2) is 126 Å². The Morgan fingerprint density at radius 2 is 1.75 bits per heavy atom. The van der Waals surface area contributed by atoms with Gasteiger partial charge >= 0.3 is 18.0 Å². The monoisotopic (exact) mass is 851 g/mol. The zero-order valence-electron chi connectivity index (χ0n) is 37.5. The first-order valence-corrected chi connectivity index (χ1v) is 21.4. The molecule has 3 fully saturated rings. The maximum Gasteiger partial charge on any atom is 0.408 e. The molecule has 0 spiro atoms. The summed E-state index contributed by atoms with van der Waals surface area (Å²) in [5.41, 5.74) is -3.51. The van der Waals surface area contributed by atoms with Gasteiger partial charge in [-0.3, -0.25) is 24.2 Å². The number of hydrogen-bond donors (Lipinski definition) is 2. The number of nitrogens with zero attached hydrogens (tertiary/aromatic N) is 2. The Balaban J connectivity index is 1.65. The van der Waals surface area contributed by atoms with Crippen LogP contribution in [0.15, 0.2) is 42.6 Å². The van der Waals surface area contributed by atoms with E-state index in [9.17, 15) is 24.3 Å². The number of ether oxygens (including phenoxy) is 6. The summed E-state index contributed by atoms with van der Waals surface area (Å²) in [4.78, 5) is 77.2. The van der Waals surface area contributed by atoms with Crippen molar-refractivity contribution in [3.63, 3.8) is 0 Å². The highest BCUT2D eigenvalue weighted by Gasteiger charge is 2.59. The molecule has 3 aliphatic rings. The van der Waals surface area contributed by atoms with E-state index in [1.54, 1.807) is 60.7 Å². The quantitative estimate of drug-likeness (QED) is 0.165. The summed E-state index contributed by atoms with van der Waals surface area (Å²) in [6.07, 6.45) is -0.626. The summed E-state index contributed by atoms with van der Waals surface area (Å²) in [6, 6.07) is 8.42. The Bertz CT molecular complexity index is 1960. The second kappa shape index (κ2) is 19.4. The highest BCUT2D eigenvalue weighted by Crippen LogP contribution is 2.43. The fourth-order valence-electron chi connectivity index (χ4n) is 9.49. The molecule has 61 heavy (non-hydrogen) atoms. The second-order valence-electron chi connectivity index (χ2n) is 17.9. The van der Waals surface area contributed by atoms with Crippen molar-refractivity contribution in [2.45, 2.75) is 142 Å². The lowest BCUT2D eigenvalue weighted by molar-refractivity contribution is -0.297. The number of esters is 2. The highest BCUT2D eigenvalue weighted by molar-refractivity contribution is 6.07. The third-order valence-corrected chi connectivity index (χ3v) is 12.9. The van der Waals surface area contributed by atoms with Gasteiger partial charge in [-0.15, -0.1) is 0 Å². The average Bonchev–Trinajstić information content (AvgIpc) is 3.53. The summed E-state index contributed by atoms with van der Waals surface area (Å²) in [5.74, 6) is -5.66. The van der Waals surface area contributed by atoms with Gasteiger partial charge in [0.1, 0.15) is 23.4 Å². The molecule has 1 aromatic heterocycles. The van der Waals surface area contributed by atoms with Crippen molar-refractivity contribution in [2.75, 3.05) is 27.3 Å². The van der Waals surface area contributed by atoms with Gasteiger partial charge in [-0.2, -0.15) is 0 Å². The lowest BCUT2D eigenvalue weighted by Crippen LogP contribution is -2.61. The summed E-state index contributed by atoms with van der Waals surface area (Å²) < 4.78 is 37.1. The lowest BCUT2D eigenvalue weighted by atomic mass is 9.70. The number of amides is 1. The van der Waals surface area contributed by atoms with Crippen LogP contribution in [0.25, 0.3) is 17.0 Å². The molecule has 0 saturated carbocycles. The number of benzene rings is 1. The number of alkyl carbamates (subject to hydrolysis) is 1. The fourth-order valence-corrected chi connectivity index (χ4v) is 9.49. The number of carbonyl (C=O) groups excluding carboxylic acids is 5. The Morgan fingerprint density at radius 3 is 2.43 bits per heavy atom. The Labute approximate surface area is 359 Å². The predicted octanol–water partition coefficient (Wildman–Crippen LogP) is 5.43. The van der Waals surface area contributed by atoms with Crippen molar-refractivity contribution in [3.8, 4) is 0 Å². The van der Waals surface area contributed by atoms with Gasteiger partial charge in [0, 0.05) is 35.4 Å². The normalized spacial score (nSPS) is 36.6. The molecule has 2 N–H and O–H groups in total. The van der Waals surface area contributed by atoms with Gasteiger partial charge in [0.25, 0.3) is 0 Å². The van der Waals surface area contributed by atoms with E-state index >= 15 is 4.79 Å². The number of cyclic esters (lactones) is 1. The zero-order valence-corrected chi connectivity index (χ0v) is 37.5. The van der Waals surface area contributed by atoms with Crippen molar-refractivity contribution >= 4 is 46.6 Å². The van der Waals surface area contributed by atoms with Crippen molar-refractivity contribution in [3.05, 3.63) is 48.2 Å². The summed E-state index contributed by atoms with van der Waals surface area (Å²) in [5, 5.41) is 15.5. The minimum Gasteiger partial charge on any atom is -0.466 e. The molecule has 336 valence electrons. The van der Waals surface area contributed by atoms with Gasteiger partial charge in [-0.05, 0) is 85.7 Å². The number of likely N-dealkylation sites (N-methyl/N-ethyl adjacent to an activating group) is 1. The number of Topliss-reactive ketones (excluding diaryl/α,β-unsaturated/α-hetero) is 2. The van der Waals surface area contributed by atoms with Crippen molar-refractivity contribution in [1.29, 1.82) is 0 Å². The molecular weight excluding hydrogens is 787 g/mol. The number of fused-ring (bicyclic) bond motifs is 2. The fraction of sp³-hybridized carbons (Fsp3) is 0.652. The van der Waals surface area contributed by atoms with E-state index in [1.807, 2.05) is 62.3 Å². The summed E-state index contributed by atoms with van der Waals surface area (Å²) in [6.45, 7) is 14.9. The molecule has 1 aromatic carbocycles. The van der Waals surface area contributed by atoms with Crippen LogP contribution < -0.4 is 5.32 Å². The molecule has 3 saturated heterocycles. The van der Waals surface area contributed by atoms with Crippen LogP contribution in [0.3, 0.4) is 0 Å². The molecule has 1 amide bonds. The van der Waals surface area contributed by atoms with E-state index in [4.69, 9.17) is 28.4 Å². The molecular formula is C46H65N3O12. The first-order chi connectivity index (χ1) is 28.7. The van der Waals surface area contributed by atoms with E-state index in [2.05, 4.69) is 10.3 Å².